The first kappa shape index (κ1) is 9.95. The second kappa shape index (κ2) is 2.95. The minimum Gasteiger partial charge on any atom is -0.222 e. The Morgan fingerprint density at radius 3 is 2.47 bits per heavy atom. The van der Waals surface area contributed by atoms with E-state index in [1.807, 2.05) is 0 Å². The number of aromatic nitrogens is 3. The zero-order valence-electron chi connectivity index (χ0n) is 8.13. The van der Waals surface area contributed by atoms with Crippen LogP contribution in [-0.2, 0) is 6.18 Å². The van der Waals surface area contributed by atoms with E-state index in [-0.39, 0.29) is 11.3 Å². The van der Waals surface area contributed by atoms with E-state index in [9.17, 15) is 13.2 Å². The van der Waals surface area contributed by atoms with Crippen molar-refractivity contribution < 1.29 is 13.2 Å². The second-order valence-electron chi connectivity index (χ2n) is 3.29. The monoisotopic (exact) mass is 215 g/mol. The Morgan fingerprint density at radius 2 is 1.87 bits per heavy atom. The maximum absolute atomic E-state index is 12.5. The van der Waals surface area contributed by atoms with Crippen LogP contribution in [-0.4, -0.2) is 14.6 Å². The van der Waals surface area contributed by atoms with Crippen molar-refractivity contribution in [1.82, 2.24) is 14.6 Å². The third-order valence-corrected chi connectivity index (χ3v) is 2.10. The summed E-state index contributed by atoms with van der Waals surface area (Å²) >= 11 is 0. The molecule has 0 unspecified atom stereocenters. The topological polar surface area (TPSA) is 30.2 Å². The van der Waals surface area contributed by atoms with E-state index in [0.717, 1.165) is 0 Å². The van der Waals surface area contributed by atoms with Crippen molar-refractivity contribution in [3.8, 4) is 0 Å². The van der Waals surface area contributed by atoms with E-state index in [0.29, 0.717) is 5.69 Å². The number of fused-ring (bicyclic) bond motifs is 1. The number of alkyl halides is 3. The standard InChI is InChI=1S/C9H8F3N3/c1-5-3-4-7-13-8(9(10,11)12)6(2)15(7)14-5/h3-4H,1-2H3. The number of hydrogen-bond acceptors (Lipinski definition) is 2. The van der Waals surface area contributed by atoms with Crippen LogP contribution in [0.4, 0.5) is 13.2 Å². The molecule has 0 fully saturated rings. The minimum atomic E-state index is -4.42. The Morgan fingerprint density at radius 1 is 1.20 bits per heavy atom. The lowest BCUT2D eigenvalue weighted by molar-refractivity contribution is -0.141. The molecular weight excluding hydrogens is 207 g/mol. The highest BCUT2D eigenvalue weighted by Gasteiger charge is 2.36. The molecule has 2 aromatic heterocycles. The van der Waals surface area contributed by atoms with Gasteiger partial charge in [0, 0.05) is 0 Å². The number of halogens is 3. The van der Waals surface area contributed by atoms with Crippen molar-refractivity contribution in [1.29, 1.82) is 0 Å². The first-order valence-electron chi connectivity index (χ1n) is 4.30. The molecule has 0 amide bonds. The summed E-state index contributed by atoms with van der Waals surface area (Å²) in [5.74, 6) is 0. The molecule has 0 aliphatic carbocycles. The van der Waals surface area contributed by atoms with Gasteiger partial charge in [-0.1, -0.05) is 0 Å². The largest absolute Gasteiger partial charge is 0.435 e. The fraction of sp³-hybridized carbons (Fsp3) is 0.333. The molecule has 15 heavy (non-hydrogen) atoms. The molecule has 0 radical (unpaired) electrons. The maximum Gasteiger partial charge on any atom is 0.435 e. The lowest BCUT2D eigenvalue weighted by Gasteiger charge is -2.02. The first-order valence-corrected chi connectivity index (χ1v) is 4.30. The maximum atomic E-state index is 12.5. The van der Waals surface area contributed by atoms with Gasteiger partial charge in [-0.25, -0.2) is 9.50 Å². The average Bonchev–Trinajstić information content (AvgIpc) is 2.43. The van der Waals surface area contributed by atoms with Crippen molar-refractivity contribution in [2.24, 2.45) is 0 Å². The Labute approximate surface area is 83.5 Å². The summed E-state index contributed by atoms with van der Waals surface area (Å²) in [5.41, 5.74) is 0.00366. The lowest BCUT2D eigenvalue weighted by atomic mass is 10.3. The predicted octanol–water partition coefficient (Wildman–Crippen LogP) is 2.36. The Balaban J connectivity index is 2.76. The fourth-order valence-corrected chi connectivity index (χ4v) is 1.40. The number of nitrogens with zero attached hydrogens (tertiary/aromatic N) is 3. The van der Waals surface area contributed by atoms with Crippen LogP contribution in [0, 0.1) is 13.8 Å². The molecule has 0 aromatic carbocycles. The molecule has 2 aromatic rings. The van der Waals surface area contributed by atoms with E-state index in [1.54, 1.807) is 13.0 Å². The smallest absolute Gasteiger partial charge is 0.222 e. The summed E-state index contributed by atoms with van der Waals surface area (Å²) in [6, 6.07) is 3.15. The van der Waals surface area contributed by atoms with E-state index < -0.39 is 11.9 Å². The second-order valence-corrected chi connectivity index (χ2v) is 3.29. The van der Waals surface area contributed by atoms with Gasteiger partial charge in [0.2, 0.25) is 0 Å². The quantitative estimate of drug-likeness (QED) is 0.675. The van der Waals surface area contributed by atoms with Gasteiger partial charge in [0.05, 0.1) is 11.4 Å². The van der Waals surface area contributed by atoms with Crippen LogP contribution in [0.25, 0.3) is 5.65 Å². The molecule has 2 rings (SSSR count). The zero-order valence-corrected chi connectivity index (χ0v) is 8.13. The molecular formula is C9H8F3N3. The first-order chi connectivity index (χ1) is 6.89. The fourth-order valence-electron chi connectivity index (χ4n) is 1.40. The van der Waals surface area contributed by atoms with Crippen molar-refractivity contribution in [3.05, 3.63) is 29.2 Å². The SMILES string of the molecule is Cc1ccc2nc(C(F)(F)F)c(C)n2n1. The van der Waals surface area contributed by atoms with Crippen LogP contribution in [0.2, 0.25) is 0 Å². The predicted molar refractivity (Wildman–Crippen MR) is 47.5 cm³/mol. The summed E-state index contributed by atoms with van der Waals surface area (Å²) < 4.78 is 38.7. The zero-order chi connectivity index (χ0) is 11.2. The summed E-state index contributed by atoms with van der Waals surface area (Å²) in [6.45, 7) is 3.07. The molecule has 2 heterocycles. The highest BCUT2D eigenvalue weighted by molar-refractivity contribution is 5.42. The van der Waals surface area contributed by atoms with Gasteiger partial charge in [-0.2, -0.15) is 18.3 Å². The Hall–Kier alpha value is -1.59. The summed E-state index contributed by atoms with van der Waals surface area (Å²) in [6.07, 6.45) is -4.42. The molecule has 0 saturated carbocycles. The third-order valence-electron chi connectivity index (χ3n) is 2.10. The summed E-state index contributed by atoms with van der Waals surface area (Å²) in [4.78, 5) is 3.50. The molecule has 6 heteroatoms. The lowest BCUT2D eigenvalue weighted by Crippen LogP contribution is -2.08. The highest BCUT2D eigenvalue weighted by atomic mass is 19.4. The summed E-state index contributed by atoms with van der Waals surface area (Å²) in [5, 5.41) is 3.96. The number of aryl methyl sites for hydroxylation is 2. The van der Waals surface area contributed by atoms with Gasteiger partial charge in [-0.05, 0) is 26.0 Å². The van der Waals surface area contributed by atoms with Gasteiger partial charge in [0.25, 0.3) is 0 Å². The molecule has 0 bridgehead atoms. The van der Waals surface area contributed by atoms with E-state index >= 15 is 0 Å². The van der Waals surface area contributed by atoms with Gasteiger partial charge >= 0.3 is 6.18 Å². The van der Waals surface area contributed by atoms with Gasteiger partial charge < -0.3 is 0 Å². The molecule has 3 nitrogen and oxygen atoms in total. The van der Waals surface area contributed by atoms with Gasteiger partial charge in [-0.15, -0.1) is 0 Å². The van der Waals surface area contributed by atoms with Crippen LogP contribution in [0.1, 0.15) is 17.1 Å². The molecule has 0 N–H and O–H groups in total. The number of imidazole rings is 1. The van der Waals surface area contributed by atoms with Crippen LogP contribution >= 0.6 is 0 Å². The third kappa shape index (κ3) is 1.55. The van der Waals surface area contributed by atoms with Crippen LogP contribution in [0.3, 0.4) is 0 Å². The van der Waals surface area contributed by atoms with Crippen LogP contribution in [0.15, 0.2) is 12.1 Å². The molecule has 0 spiro atoms. The van der Waals surface area contributed by atoms with Crippen molar-refractivity contribution >= 4 is 5.65 Å². The Bertz CT molecular complexity index is 513. The van der Waals surface area contributed by atoms with Crippen molar-refractivity contribution in [2.75, 3.05) is 0 Å². The van der Waals surface area contributed by atoms with Gasteiger partial charge in [-0.3, -0.25) is 0 Å². The van der Waals surface area contributed by atoms with Crippen LogP contribution < -0.4 is 0 Å². The van der Waals surface area contributed by atoms with Crippen molar-refractivity contribution in [2.45, 2.75) is 20.0 Å². The van der Waals surface area contributed by atoms with Crippen molar-refractivity contribution in [3.63, 3.8) is 0 Å². The normalized spacial score (nSPS) is 12.3. The summed E-state index contributed by atoms with van der Waals surface area (Å²) in [7, 11) is 0. The van der Waals surface area contributed by atoms with Gasteiger partial charge in [0.1, 0.15) is 0 Å². The van der Waals surface area contributed by atoms with E-state index in [1.165, 1.54) is 17.5 Å². The molecule has 0 saturated heterocycles. The van der Waals surface area contributed by atoms with Gasteiger partial charge in [0.15, 0.2) is 11.3 Å². The van der Waals surface area contributed by atoms with E-state index in [4.69, 9.17) is 0 Å². The number of rotatable bonds is 0. The molecule has 80 valence electrons. The number of hydrogen-bond donors (Lipinski definition) is 0. The molecule has 0 aliphatic rings. The molecule has 0 aliphatic heterocycles. The van der Waals surface area contributed by atoms with E-state index in [2.05, 4.69) is 10.1 Å². The highest BCUT2D eigenvalue weighted by Crippen LogP contribution is 2.30. The van der Waals surface area contributed by atoms with Crippen LogP contribution in [0.5, 0.6) is 0 Å². The Kier molecular flexibility index (Phi) is 1.95. The average molecular weight is 215 g/mol. The molecule has 0 atom stereocenters. The minimum absolute atomic E-state index is 0.0150.